The van der Waals surface area contributed by atoms with Crippen molar-refractivity contribution in [3.63, 3.8) is 0 Å². The van der Waals surface area contributed by atoms with E-state index in [1.807, 2.05) is 12.1 Å². The zero-order valence-corrected chi connectivity index (χ0v) is 13.1. The zero-order valence-electron chi connectivity index (χ0n) is 11.5. The molecule has 0 aliphatic heterocycles. The van der Waals surface area contributed by atoms with E-state index >= 15 is 0 Å². The molecule has 0 amide bonds. The van der Waals surface area contributed by atoms with Crippen molar-refractivity contribution in [1.29, 1.82) is 0 Å². The predicted molar refractivity (Wildman–Crippen MR) is 82.0 cm³/mol. The predicted octanol–water partition coefficient (Wildman–Crippen LogP) is 3.93. The first-order chi connectivity index (χ1) is 9.24. The number of methoxy groups -OCH3 is 1. The highest BCUT2D eigenvalue weighted by Gasteiger charge is 2.21. The maximum Gasteiger partial charge on any atom is 0.124 e. The van der Waals surface area contributed by atoms with Crippen molar-refractivity contribution in [2.24, 2.45) is 11.8 Å². The van der Waals surface area contributed by atoms with E-state index in [0.29, 0.717) is 0 Å². The molecule has 106 valence electrons. The lowest BCUT2D eigenvalue weighted by Gasteiger charge is -2.27. The molecule has 2 rings (SSSR count). The molecule has 1 fully saturated rings. The molecule has 1 aromatic carbocycles. The fraction of sp³-hybridized carbons (Fsp3) is 0.600. The van der Waals surface area contributed by atoms with Gasteiger partial charge < -0.3 is 4.74 Å². The van der Waals surface area contributed by atoms with Crippen molar-refractivity contribution in [2.75, 3.05) is 7.11 Å². The molecule has 3 N–H and O–H groups in total. The van der Waals surface area contributed by atoms with Crippen molar-refractivity contribution < 1.29 is 4.74 Å². The highest BCUT2D eigenvalue weighted by atomic mass is 79.9. The highest BCUT2D eigenvalue weighted by Crippen LogP contribution is 2.35. The number of nitrogens with one attached hydrogen (secondary N) is 1. The Bertz CT molecular complexity index is 405. The van der Waals surface area contributed by atoms with E-state index in [-0.39, 0.29) is 6.04 Å². The Hall–Kier alpha value is -0.580. The summed E-state index contributed by atoms with van der Waals surface area (Å²) < 4.78 is 6.50. The van der Waals surface area contributed by atoms with Crippen LogP contribution in [0.2, 0.25) is 0 Å². The van der Waals surface area contributed by atoms with Crippen molar-refractivity contribution >= 4 is 15.9 Å². The molecule has 1 aliphatic rings. The average Bonchev–Trinajstić information content (AvgIpc) is 2.46. The van der Waals surface area contributed by atoms with E-state index in [2.05, 4.69) is 27.4 Å². The lowest BCUT2D eigenvalue weighted by Crippen LogP contribution is -2.30. The number of halogens is 1. The minimum Gasteiger partial charge on any atom is -0.496 e. The molecule has 1 aromatic rings. The number of hydrogen-bond donors (Lipinski definition) is 2. The maximum absolute atomic E-state index is 5.77. The molecule has 1 aliphatic carbocycles. The normalized spacial score (nSPS) is 18.3. The van der Waals surface area contributed by atoms with Gasteiger partial charge in [0.15, 0.2) is 0 Å². The Morgan fingerprint density at radius 3 is 2.74 bits per heavy atom. The third-order valence-electron chi connectivity index (χ3n) is 4.07. The van der Waals surface area contributed by atoms with Gasteiger partial charge in [-0.2, -0.15) is 0 Å². The van der Waals surface area contributed by atoms with Crippen LogP contribution in [0.25, 0.3) is 0 Å². The first kappa shape index (κ1) is 14.8. The monoisotopic (exact) mass is 326 g/mol. The number of rotatable bonds is 5. The first-order valence-electron chi connectivity index (χ1n) is 7.04. The van der Waals surface area contributed by atoms with E-state index < -0.39 is 0 Å². The molecule has 0 saturated heterocycles. The van der Waals surface area contributed by atoms with Gasteiger partial charge in [-0.1, -0.05) is 54.1 Å². The lowest BCUT2D eigenvalue weighted by atomic mass is 9.83. The van der Waals surface area contributed by atoms with Gasteiger partial charge in [0.05, 0.1) is 7.11 Å². The standard InChI is InChI=1S/C15H23BrN2O/c1-19-15-10-12(16)7-8-13(15)14(18-17)9-11-5-3-2-4-6-11/h7-8,10-11,14,18H,2-6,9,17H2,1H3. The molecule has 0 bridgehead atoms. The van der Waals surface area contributed by atoms with E-state index in [1.54, 1.807) is 7.11 Å². The average molecular weight is 327 g/mol. The summed E-state index contributed by atoms with van der Waals surface area (Å²) >= 11 is 3.48. The zero-order chi connectivity index (χ0) is 13.7. The Morgan fingerprint density at radius 2 is 2.11 bits per heavy atom. The van der Waals surface area contributed by atoms with Gasteiger partial charge >= 0.3 is 0 Å². The second-order valence-corrected chi connectivity index (χ2v) is 6.26. The molecule has 3 nitrogen and oxygen atoms in total. The van der Waals surface area contributed by atoms with Crippen molar-refractivity contribution in [3.05, 3.63) is 28.2 Å². The van der Waals surface area contributed by atoms with Gasteiger partial charge in [0.1, 0.15) is 5.75 Å². The topological polar surface area (TPSA) is 47.3 Å². The van der Waals surface area contributed by atoms with Crippen LogP contribution in [0.3, 0.4) is 0 Å². The number of benzene rings is 1. The van der Waals surface area contributed by atoms with Gasteiger partial charge in [-0.25, -0.2) is 0 Å². The van der Waals surface area contributed by atoms with Crippen LogP contribution < -0.4 is 16.0 Å². The van der Waals surface area contributed by atoms with Crippen LogP contribution >= 0.6 is 15.9 Å². The van der Waals surface area contributed by atoms with Gasteiger partial charge in [0.2, 0.25) is 0 Å². The highest BCUT2D eigenvalue weighted by molar-refractivity contribution is 9.10. The molecule has 0 radical (unpaired) electrons. The van der Waals surface area contributed by atoms with Crippen LogP contribution in [0, 0.1) is 5.92 Å². The Morgan fingerprint density at radius 1 is 1.37 bits per heavy atom. The van der Waals surface area contributed by atoms with Crippen LogP contribution in [0.15, 0.2) is 22.7 Å². The molecular formula is C15H23BrN2O. The summed E-state index contributed by atoms with van der Waals surface area (Å²) in [6.07, 6.45) is 7.86. The van der Waals surface area contributed by atoms with Gasteiger partial charge in [-0.3, -0.25) is 11.3 Å². The van der Waals surface area contributed by atoms with Crippen LogP contribution in [-0.2, 0) is 0 Å². The molecule has 1 saturated carbocycles. The minimum atomic E-state index is 0.172. The second-order valence-electron chi connectivity index (χ2n) is 5.35. The van der Waals surface area contributed by atoms with Gasteiger partial charge in [-0.15, -0.1) is 0 Å². The van der Waals surface area contributed by atoms with Gasteiger partial charge in [0.25, 0.3) is 0 Å². The smallest absolute Gasteiger partial charge is 0.124 e. The maximum atomic E-state index is 5.77. The minimum absolute atomic E-state index is 0.172. The molecule has 1 atom stereocenters. The fourth-order valence-electron chi connectivity index (χ4n) is 3.01. The summed E-state index contributed by atoms with van der Waals surface area (Å²) in [6, 6.07) is 6.31. The third kappa shape index (κ3) is 3.94. The third-order valence-corrected chi connectivity index (χ3v) is 4.56. The fourth-order valence-corrected chi connectivity index (χ4v) is 3.35. The van der Waals surface area contributed by atoms with Gasteiger partial charge in [0, 0.05) is 16.1 Å². The summed E-state index contributed by atoms with van der Waals surface area (Å²) in [6.45, 7) is 0. The Balaban J connectivity index is 2.11. The Kier molecular flexibility index (Phi) is 5.67. The summed E-state index contributed by atoms with van der Waals surface area (Å²) in [5.74, 6) is 7.44. The Labute approximate surface area is 124 Å². The van der Waals surface area contributed by atoms with Crippen LogP contribution in [0.5, 0.6) is 5.75 Å². The quantitative estimate of drug-likeness (QED) is 0.636. The molecule has 4 heteroatoms. The van der Waals surface area contributed by atoms with E-state index in [4.69, 9.17) is 10.6 Å². The first-order valence-corrected chi connectivity index (χ1v) is 7.83. The summed E-state index contributed by atoms with van der Waals surface area (Å²) in [5, 5.41) is 0. The molecule has 0 heterocycles. The van der Waals surface area contributed by atoms with Crippen molar-refractivity contribution in [3.8, 4) is 5.75 Å². The van der Waals surface area contributed by atoms with Crippen LogP contribution in [0.1, 0.15) is 50.1 Å². The molecular weight excluding hydrogens is 304 g/mol. The van der Waals surface area contributed by atoms with Crippen molar-refractivity contribution in [1.82, 2.24) is 5.43 Å². The van der Waals surface area contributed by atoms with Gasteiger partial charge in [-0.05, 0) is 24.5 Å². The van der Waals surface area contributed by atoms with Crippen LogP contribution in [0.4, 0.5) is 0 Å². The number of ether oxygens (including phenoxy) is 1. The SMILES string of the molecule is COc1cc(Br)ccc1C(CC1CCCCC1)NN. The lowest BCUT2D eigenvalue weighted by molar-refractivity contribution is 0.296. The number of hydrogen-bond acceptors (Lipinski definition) is 3. The molecule has 1 unspecified atom stereocenters. The number of hydrazine groups is 1. The van der Waals surface area contributed by atoms with E-state index in [1.165, 1.54) is 32.1 Å². The van der Waals surface area contributed by atoms with E-state index in [0.717, 1.165) is 28.1 Å². The molecule has 0 spiro atoms. The van der Waals surface area contributed by atoms with E-state index in [9.17, 15) is 0 Å². The molecule has 0 aromatic heterocycles. The van der Waals surface area contributed by atoms with Crippen LogP contribution in [-0.4, -0.2) is 7.11 Å². The molecule has 19 heavy (non-hydrogen) atoms. The summed E-state index contributed by atoms with van der Waals surface area (Å²) in [5.41, 5.74) is 4.12. The largest absolute Gasteiger partial charge is 0.496 e. The second kappa shape index (κ2) is 7.27. The summed E-state index contributed by atoms with van der Waals surface area (Å²) in [7, 11) is 1.71. The summed E-state index contributed by atoms with van der Waals surface area (Å²) in [4.78, 5) is 0. The number of nitrogens with two attached hydrogens (primary N) is 1. The van der Waals surface area contributed by atoms with Crippen molar-refractivity contribution in [2.45, 2.75) is 44.6 Å².